The lowest BCUT2D eigenvalue weighted by Gasteiger charge is -2.13. The van der Waals surface area contributed by atoms with Crippen LogP contribution in [0.4, 0.5) is 4.39 Å². The number of rotatable bonds is 7. The molecule has 4 aromatic carbocycles. The molecule has 1 N–H and O–H groups in total. The molecule has 7 heteroatoms. The Kier molecular flexibility index (Phi) is 6.93. The Hall–Kier alpha value is -4.52. The maximum atomic E-state index is 13.7. The summed E-state index contributed by atoms with van der Waals surface area (Å²) in [7, 11) is 0. The van der Waals surface area contributed by atoms with Gasteiger partial charge in [0.15, 0.2) is 6.10 Å². The van der Waals surface area contributed by atoms with E-state index in [1.54, 1.807) is 37.3 Å². The van der Waals surface area contributed by atoms with Gasteiger partial charge in [0.2, 0.25) is 0 Å². The van der Waals surface area contributed by atoms with Gasteiger partial charge in [-0.25, -0.2) is 14.6 Å². The first-order chi connectivity index (χ1) is 16.5. The monoisotopic (exact) mass is 456 g/mol. The number of hydrogen-bond acceptors (Lipinski definition) is 5. The Morgan fingerprint density at radius 1 is 0.882 bits per heavy atom. The maximum Gasteiger partial charge on any atom is 0.346 e. The summed E-state index contributed by atoms with van der Waals surface area (Å²) in [6, 6.07) is 25.5. The van der Waals surface area contributed by atoms with Gasteiger partial charge in [0.1, 0.15) is 17.3 Å². The Morgan fingerprint density at radius 2 is 1.56 bits per heavy atom. The lowest BCUT2D eigenvalue weighted by Crippen LogP contribution is -2.33. The van der Waals surface area contributed by atoms with Crippen LogP contribution in [0.1, 0.15) is 22.8 Å². The number of hydrogen-bond donors (Lipinski definition) is 1. The normalized spacial score (nSPS) is 11.8. The van der Waals surface area contributed by atoms with Crippen molar-refractivity contribution < 1.29 is 23.5 Å². The van der Waals surface area contributed by atoms with Crippen molar-refractivity contribution in [2.24, 2.45) is 5.10 Å². The first-order valence-corrected chi connectivity index (χ1v) is 10.5. The van der Waals surface area contributed by atoms with Gasteiger partial charge in [-0.3, -0.25) is 4.79 Å². The van der Waals surface area contributed by atoms with Crippen LogP contribution in [-0.4, -0.2) is 24.2 Å². The Morgan fingerprint density at radius 3 is 2.32 bits per heavy atom. The van der Waals surface area contributed by atoms with Crippen LogP contribution in [0.15, 0.2) is 96.1 Å². The number of fused-ring (bicyclic) bond motifs is 1. The molecule has 0 radical (unpaired) electrons. The molecule has 0 aromatic heterocycles. The largest absolute Gasteiger partial charge is 0.481 e. The standard InChI is InChI=1S/C27H21FN2O4/c1-18(33-23-15-12-20-6-2-3-7-21(20)16-23)26(31)30-29-17-19-10-13-22(14-11-19)34-27(32)24-8-4-5-9-25(24)28/h2-18H,1H3,(H,30,31)/b29-17-/t18-/m0/s1. The van der Waals surface area contributed by atoms with E-state index >= 15 is 0 Å². The molecule has 1 atom stereocenters. The van der Waals surface area contributed by atoms with Crippen LogP contribution in [0, 0.1) is 5.82 Å². The van der Waals surface area contributed by atoms with Crippen LogP contribution in [0.2, 0.25) is 0 Å². The smallest absolute Gasteiger partial charge is 0.346 e. The second kappa shape index (κ2) is 10.4. The number of carbonyl (C=O) groups excluding carboxylic acids is 2. The fourth-order valence-corrected chi connectivity index (χ4v) is 3.17. The third-order valence-corrected chi connectivity index (χ3v) is 4.98. The third kappa shape index (κ3) is 5.63. The number of halogens is 1. The molecule has 0 unspecified atom stereocenters. The highest BCUT2D eigenvalue weighted by Gasteiger charge is 2.15. The molecule has 0 aliphatic rings. The summed E-state index contributed by atoms with van der Waals surface area (Å²) in [5.74, 6) is -0.990. The zero-order valence-corrected chi connectivity index (χ0v) is 18.3. The van der Waals surface area contributed by atoms with Gasteiger partial charge < -0.3 is 9.47 Å². The van der Waals surface area contributed by atoms with Crippen molar-refractivity contribution in [2.45, 2.75) is 13.0 Å². The first kappa shape index (κ1) is 22.7. The average Bonchev–Trinajstić information content (AvgIpc) is 2.85. The summed E-state index contributed by atoms with van der Waals surface area (Å²) in [6.07, 6.45) is 0.696. The van der Waals surface area contributed by atoms with E-state index < -0.39 is 23.8 Å². The number of benzene rings is 4. The second-order valence-electron chi connectivity index (χ2n) is 7.44. The zero-order valence-electron chi connectivity index (χ0n) is 18.3. The molecular weight excluding hydrogens is 435 g/mol. The van der Waals surface area contributed by atoms with E-state index in [9.17, 15) is 14.0 Å². The van der Waals surface area contributed by atoms with Gasteiger partial charge in [-0.1, -0.05) is 42.5 Å². The van der Waals surface area contributed by atoms with Crippen LogP contribution in [0.5, 0.6) is 11.5 Å². The summed E-state index contributed by atoms with van der Waals surface area (Å²) in [5, 5.41) is 6.05. The van der Waals surface area contributed by atoms with Crippen molar-refractivity contribution in [3.63, 3.8) is 0 Å². The number of nitrogens with zero attached hydrogens (tertiary/aromatic N) is 1. The van der Waals surface area contributed by atoms with Gasteiger partial charge >= 0.3 is 5.97 Å². The highest BCUT2D eigenvalue weighted by molar-refractivity contribution is 5.91. The SMILES string of the molecule is C[C@H](Oc1ccc2ccccc2c1)C(=O)N/N=C\c1ccc(OC(=O)c2ccccc2F)cc1. The van der Waals surface area contributed by atoms with E-state index in [0.717, 1.165) is 10.8 Å². The van der Waals surface area contributed by atoms with Gasteiger partial charge in [-0.15, -0.1) is 0 Å². The molecule has 1 amide bonds. The summed E-state index contributed by atoms with van der Waals surface area (Å²) in [4.78, 5) is 24.4. The summed E-state index contributed by atoms with van der Waals surface area (Å²) >= 11 is 0. The van der Waals surface area contributed by atoms with Crippen LogP contribution in [-0.2, 0) is 4.79 Å². The van der Waals surface area contributed by atoms with Crippen molar-refractivity contribution >= 4 is 28.9 Å². The third-order valence-electron chi connectivity index (χ3n) is 4.98. The minimum atomic E-state index is -0.785. The summed E-state index contributed by atoms with van der Waals surface area (Å²) in [6.45, 7) is 1.64. The number of carbonyl (C=O) groups is 2. The van der Waals surface area contributed by atoms with Gasteiger partial charge in [0.25, 0.3) is 5.91 Å². The van der Waals surface area contributed by atoms with Crippen molar-refractivity contribution in [3.05, 3.63) is 108 Å². The molecule has 34 heavy (non-hydrogen) atoms. The first-order valence-electron chi connectivity index (χ1n) is 10.5. The number of amides is 1. The molecular formula is C27H21FN2O4. The molecule has 4 rings (SSSR count). The van der Waals surface area contributed by atoms with Gasteiger partial charge in [-0.2, -0.15) is 5.10 Å². The summed E-state index contributed by atoms with van der Waals surface area (Å²) in [5.41, 5.74) is 2.96. The minimum Gasteiger partial charge on any atom is -0.481 e. The molecule has 0 spiro atoms. The van der Waals surface area contributed by atoms with E-state index in [1.807, 2.05) is 42.5 Å². The van der Waals surface area contributed by atoms with Crippen LogP contribution < -0.4 is 14.9 Å². The van der Waals surface area contributed by atoms with E-state index in [2.05, 4.69) is 10.5 Å². The highest BCUT2D eigenvalue weighted by Crippen LogP contribution is 2.21. The Labute approximate surface area is 195 Å². The van der Waals surface area contributed by atoms with E-state index in [4.69, 9.17) is 9.47 Å². The molecule has 0 aliphatic carbocycles. The van der Waals surface area contributed by atoms with Crippen LogP contribution >= 0.6 is 0 Å². The van der Waals surface area contributed by atoms with Gasteiger partial charge in [-0.05, 0) is 71.8 Å². The number of nitrogens with one attached hydrogen (secondary N) is 1. The van der Waals surface area contributed by atoms with Gasteiger partial charge in [0.05, 0.1) is 11.8 Å². The predicted molar refractivity (Wildman–Crippen MR) is 128 cm³/mol. The molecule has 0 fully saturated rings. The fourth-order valence-electron chi connectivity index (χ4n) is 3.17. The average molecular weight is 456 g/mol. The molecule has 4 aromatic rings. The summed E-state index contributed by atoms with van der Waals surface area (Å²) < 4.78 is 24.6. The lowest BCUT2D eigenvalue weighted by atomic mass is 10.1. The van der Waals surface area contributed by atoms with Crippen LogP contribution in [0.25, 0.3) is 10.8 Å². The zero-order chi connectivity index (χ0) is 23.9. The van der Waals surface area contributed by atoms with Crippen molar-refractivity contribution in [1.29, 1.82) is 0 Å². The Balaban J connectivity index is 1.29. The Bertz CT molecular complexity index is 1350. The molecule has 0 aliphatic heterocycles. The van der Waals surface area contributed by atoms with Gasteiger partial charge in [0, 0.05) is 0 Å². The molecule has 0 saturated heterocycles. The van der Waals surface area contributed by atoms with Crippen molar-refractivity contribution in [3.8, 4) is 11.5 Å². The minimum absolute atomic E-state index is 0.143. The topological polar surface area (TPSA) is 77.0 Å². The number of esters is 1. The molecule has 170 valence electrons. The second-order valence-corrected chi connectivity index (χ2v) is 7.44. The molecule has 6 nitrogen and oxygen atoms in total. The molecule has 0 saturated carbocycles. The van der Waals surface area contributed by atoms with Crippen molar-refractivity contribution in [2.75, 3.05) is 0 Å². The van der Waals surface area contributed by atoms with E-state index in [-0.39, 0.29) is 11.3 Å². The predicted octanol–water partition coefficient (Wildman–Crippen LogP) is 5.12. The quantitative estimate of drug-likeness (QED) is 0.181. The lowest BCUT2D eigenvalue weighted by molar-refractivity contribution is -0.127. The maximum absolute atomic E-state index is 13.7. The molecule has 0 bridgehead atoms. The highest BCUT2D eigenvalue weighted by atomic mass is 19.1. The van der Waals surface area contributed by atoms with Crippen molar-refractivity contribution in [1.82, 2.24) is 5.43 Å². The number of hydrazone groups is 1. The fraction of sp³-hybridized carbons (Fsp3) is 0.0741. The number of ether oxygens (including phenoxy) is 2. The van der Waals surface area contributed by atoms with E-state index in [1.165, 1.54) is 24.4 Å². The van der Waals surface area contributed by atoms with Crippen LogP contribution in [0.3, 0.4) is 0 Å². The molecule has 0 heterocycles. The van der Waals surface area contributed by atoms with E-state index in [0.29, 0.717) is 11.3 Å².